The van der Waals surface area contributed by atoms with Gasteiger partial charge in [-0.2, -0.15) is 0 Å². The lowest BCUT2D eigenvalue weighted by Gasteiger charge is -2.04. The molecule has 0 spiro atoms. The molecule has 0 aromatic carbocycles. The van der Waals surface area contributed by atoms with Crippen molar-refractivity contribution in [1.82, 2.24) is 0 Å². The zero-order valence-corrected chi connectivity index (χ0v) is 9.76. The minimum absolute atomic E-state index is 0.508. The van der Waals surface area contributed by atoms with Gasteiger partial charge < -0.3 is 5.11 Å². The van der Waals surface area contributed by atoms with Crippen molar-refractivity contribution < 1.29 is 5.11 Å². The van der Waals surface area contributed by atoms with Crippen LogP contribution in [-0.2, 0) is 0 Å². The number of hydrogen-bond acceptors (Lipinski definition) is 1. The van der Waals surface area contributed by atoms with Crippen LogP contribution < -0.4 is 0 Å². The highest BCUT2D eigenvalue weighted by Gasteiger charge is 2.62. The fourth-order valence-corrected chi connectivity index (χ4v) is 2.92. The predicted molar refractivity (Wildman–Crippen MR) is 62.3 cm³/mol. The van der Waals surface area contributed by atoms with Gasteiger partial charge >= 0.3 is 0 Å². The molecule has 2 aliphatic carbocycles. The molecule has 0 aromatic rings. The van der Waals surface area contributed by atoms with Gasteiger partial charge in [0, 0.05) is 18.3 Å². The van der Waals surface area contributed by atoms with E-state index in [0.717, 1.165) is 6.42 Å². The molecule has 2 fully saturated rings. The van der Waals surface area contributed by atoms with E-state index in [1.807, 2.05) is 0 Å². The smallest absolute Gasteiger partial charge is 0.131 e. The van der Waals surface area contributed by atoms with Crippen molar-refractivity contribution in [2.45, 2.75) is 63.9 Å². The molecule has 15 heavy (non-hydrogen) atoms. The van der Waals surface area contributed by atoms with E-state index in [9.17, 15) is 5.11 Å². The maximum atomic E-state index is 10.3. The Balaban J connectivity index is 1.88. The molecule has 1 unspecified atom stereocenters. The van der Waals surface area contributed by atoms with Crippen LogP contribution in [0.25, 0.3) is 0 Å². The number of fused-ring (bicyclic) bond motifs is 1. The van der Waals surface area contributed by atoms with Crippen molar-refractivity contribution in [3.05, 3.63) is 0 Å². The summed E-state index contributed by atoms with van der Waals surface area (Å²) in [6.45, 7) is 2.18. The minimum Gasteiger partial charge on any atom is -0.377 e. The standard InChI is InChI=1S/C14H22O/c1-2-3-4-8-11-14(15)12-9-6-5-7-10-13(12)14/h12-13,15H,2-7,9-10H2,1H3/t12-,13+,14?. The molecule has 1 nitrogen and oxygen atoms in total. The van der Waals surface area contributed by atoms with Crippen LogP contribution in [0.1, 0.15) is 58.3 Å². The average Bonchev–Trinajstić information content (AvgIpc) is 2.87. The molecule has 0 amide bonds. The summed E-state index contributed by atoms with van der Waals surface area (Å²) >= 11 is 0. The molecule has 1 heteroatoms. The Morgan fingerprint density at radius 3 is 2.47 bits per heavy atom. The molecular formula is C14H22O. The SMILES string of the molecule is CCCCC#CC1(O)[C@@H]2CCCCC[C@@H]21. The van der Waals surface area contributed by atoms with Crippen LogP contribution >= 0.6 is 0 Å². The summed E-state index contributed by atoms with van der Waals surface area (Å²) in [5.41, 5.74) is -0.575. The largest absolute Gasteiger partial charge is 0.377 e. The van der Waals surface area contributed by atoms with E-state index in [-0.39, 0.29) is 0 Å². The van der Waals surface area contributed by atoms with Gasteiger partial charge in [0.05, 0.1) is 0 Å². The van der Waals surface area contributed by atoms with Crippen molar-refractivity contribution in [1.29, 1.82) is 0 Å². The van der Waals surface area contributed by atoms with E-state index < -0.39 is 5.60 Å². The Morgan fingerprint density at radius 1 is 1.20 bits per heavy atom. The van der Waals surface area contributed by atoms with Gasteiger partial charge in [0.25, 0.3) is 0 Å². The summed E-state index contributed by atoms with van der Waals surface area (Å²) in [6, 6.07) is 0. The molecule has 2 aliphatic rings. The van der Waals surface area contributed by atoms with Gasteiger partial charge in [-0.3, -0.25) is 0 Å². The van der Waals surface area contributed by atoms with E-state index in [1.165, 1.54) is 44.9 Å². The van der Waals surface area contributed by atoms with Gasteiger partial charge in [0.2, 0.25) is 0 Å². The van der Waals surface area contributed by atoms with Gasteiger partial charge in [0.15, 0.2) is 0 Å². The summed E-state index contributed by atoms with van der Waals surface area (Å²) in [5.74, 6) is 7.33. The molecule has 2 rings (SSSR count). The number of aliphatic hydroxyl groups is 1. The fourth-order valence-electron chi connectivity index (χ4n) is 2.92. The predicted octanol–water partition coefficient (Wildman–Crippen LogP) is 3.12. The molecule has 0 bridgehead atoms. The average molecular weight is 206 g/mol. The summed E-state index contributed by atoms with van der Waals surface area (Å²) in [5, 5.41) is 10.3. The van der Waals surface area contributed by atoms with Gasteiger partial charge in [-0.1, -0.05) is 38.5 Å². The molecular weight excluding hydrogens is 184 g/mol. The van der Waals surface area contributed by atoms with Gasteiger partial charge in [0.1, 0.15) is 5.60 Å². The van der Waals surface area contributed by atoms with Crippen LogP contribution in [0.3, 0.4) is 0 Å². The van der Waals surface area contributed by atoms with Crippen molar-refractivity contribution in [3.8, 4) is 11.8 Å². The molecule has 1 N–H and O–H groups in total. The topological polar surface area (TPSA) is 20.2 Å². The van der Waals surface area contributed by atoms with Crippen molar-refractivity contribution in [3.63, 3.8) is 0 Å². The summed E-state index contributed by atoms with van der Waals surface area (Å²) in [4.78, 5) is 0. The second kappa shape index (κ2) is 4.58. The van der Waals surface area contributed by atoms with E-state index in [0.29, 0.717) is 11.8 Å². The molecule has 2 saturated carbocycles. The third-order valence-corrected chi connectivity index (χ3v) is 3.98. The van der Waals surface area contributed by atoms with Crippen molar-refractivity contribution in [2.24, 2.45) is 11.8 Å². The van der Waals surface area contributed by atoms with Crippen molar-refractivity contribution >= 4 is 0 Å². The maximum Gasteiger partial charge on any atom is 0.131 e. The zero-order chi connectivity index (χ0) is 10.7. The Bertz CT molecular complexity index is 259. The molecule has 0 heterocycles. The van der Waals surface area contributed by atoms with E-state index in [4.69, 9.17) is 0 Å². The second-order valence-electron chi connectivity index (χ2n) is 5.08. The molecule has 0 aliphatic heterocycles. The normalized spacial score (nSPS) is 38.5. The monoisotopic (exact) mass is 206 g/mol. The highest BCUT2D eigenvalue weighted by molar-refractivity contribution is 5.30. The van der Waals surface area contributed by atoms with Crippen LogP contribution in [0.2, 0.25) is 0 Å². The third-order valence-electron chi connectivity index (χ3n) is 3.98. The maximum absolute atomic E-state index is 10.3. The highest BCUT2D eigenvalue weighted by atomic mass is 16.3. The van der Waals surface area contributed by atoms with Crippen LogP contribution in [0.4, 0.5) is 0 Å². The van der Waals surface area contributed by atoms with E-state index >= 15 is 0 Å². The summed E-state index contributed by atoms with van der Waals surface area (Å²) in [6.07, 6.45) is 9.65. The molecule has 0 radical (unpaired) electrons. The first-order valence-corrected chi connectivity index (χ1v) is 6.51. The summed E-state index contributed by atoms with van der Waals surface area (Å²) < 4.78 is 0. The van der Waals surface area contributed by atoms with Crippen LogP contribution in [0.15, 0.2) is 0 Å². The van der Waals surface area contributed by atoms with Gasteiger partial charge in [-0.25, -0.2) is 0 Å². The van der Waals surface area contributed by atoms with Gasteiger partial charge in [-0.15, -0.1) is 5.92 Å². The Morgan fingerprint density at radius 2 is 1.87 bits per heavy atom. The Hall–Kier alpha value is -0.480. The minimum atomic E-state index is -0.575. The third kappa shape index (κ3) is 2.21. The van der Waals surface area contributed by atoms with Crippen molar-refractivity contribution in [2.75, 3.05) is 0 Å². The van der Waals surface area contributed by atoms with Crippen LogP contribution in [0, 0.1) is 23.7 Å². The molecule has 84 valence electrons. The first-order chi connectivity index (χ1) is 7.29. The fraction of sp³-hybridized carbons (Fsp3) is 0.857. The lowest BCUT2D eigenvalue weighted by atomic mass is 10.1. The highest BCUT2D eigenvalue weighted by Crippen LogP contribution is 2.57. The second-order valence-corrected chi connectivity index (χ2v) is 5.08. The lowest BCUT2D eigenvalue weighted by Crippen LogP contribution is -2.10. The number of hydrogen-bond donors (Lipinski definition) is 1. The lowest BCUT2D eigenvalue weighted by molar-refractivity contribution is 0.171. The first kappa shape index (κ1) is 11.0. The quantitative estimate of drug-likeness (QED) is 0.543. The molecule has 0 aromatic heterocycles. The zero-order valence-electron chi connectivity index (χ0n) is 9.76. The number of unbranched alkanes of at least 4 members (excludes halogenated alkanes) is 2. The first-order valence-electron chi connectivity index (χ1n) is 6.51. The van der Waals surface area contributed by atoms with Crippen LogP contribution in [0.5, 0.6) is 0 Å². The molecule has 0 saturated heterocycles. The number of rotatable bonds is 2. The van der Waals surface area contributed by atoms with Gasteiger partial charge in [-0.05, 0) is 19.3 Å². The van der Waals surface area contributed by atoms with E-state index in [1.54, 1.807) is 0 Å². The Labute approximate surface area is 93.3 Å². The summed E-state index contributed by atoms with van der Waals surface area (Å²) in [7, 11) is 0. The van der Waals surface area contributed by atoms with E-state index in [2.05, 4.69) is 18.8 Å². The Kier molecular flexibility index (Phi) is 3.36. The van der Waals surface area contributed by atoms with Crippen LogP contribution in [-0.4, -0.2) is 10.7 Å². The molecule has 3 atom stereocenters.